The minimum absolute atomic E-state index is 0. The molecule has 0 aliphatic carbocycles. The summed E-state index contributed by atoms with van der Waals surface area (Å²) >= 11 is 0. The van der Waals surface area contributed by atoms with Crippen LogP contribution in [-0.4, -0.2) is 51.8 Å². The van der Waals surface area contributed by atoms with Crippen LogP contribution in [0.2, 0.25) is 0 Å². The lowest BCUT2D eigenvalue weighted by atomic mass is 10.2. The molecule has 0 saturated heterocycles. The van der Waals surface area contributed by atoms with Crippen LogP contribution in [0, 0.1) is 0 Å². The van der Waals surface area contributed by atoms with E-state index in [-0.39, 0.29) is 29.9 Å². The van der Waals surface area contributed by atoms with E-state index in [0.717, 1.165) is 38.6 Å². The van der Waals surface area contributed by atoms with Crippen molar-refractivity contribution in [3.05, 3.63) is 30.3 Å². The quantitative estimate of drug-likeness (QED) is 0.184. The van der Waals surface area contributed by atoms with Gasteiger partial charge in [0, 0.05) is 38.4 Å². The summed E-state index contributed by atoms with van der Waals surface area (Å²) in [7, 11) is 1.40. The zero-order valence-electron chi connectivity index (χ0n) is 15.5. The number of ether oxygens (including phenoxy) is 1. The molecule has 1 aromatic rings. The molecule has 0 radical (unpaired) electrons. The first-order chi connectivity index (χ1) is 11.7. The lowest BCUT2D eigenvalue weighted by Gasteiger charge is -2.22. The number of carbonyl (C=O) groups excluding carboxylic acids is 1. The number of benzene rings is 1. The Morgan fingerprint density at radius 2 is 1.92 bits per heavy atom. The van der Waals surface area contributed by atoms with Crippen LogP contribution in [0.3, 0.4) is 0 Å². The van der Waals surface area contributed by atoms with Crippen molar-refractivity contribution >= 4 is 41.6 Å². The predicted molar refractivity (Wildman–Crippen MR) is 115 cm³/mol. The highest BCUT2D eigenvalue weighted by atomic mass is 127. The van der Waals surface area contributed by atoms with Gasteiger partial charge in [-0.3, -0.25) is 9.79 Å². The first kappa shape index (κ1) is 23.5. The van der Waals surface area contributed by atoms with E-state index in [1.54, 1.807) is 0 Å². The van der Waals surface area contributed by atoms with Crippen LogP contribution in [0.15, 0.2) is 35.3 Å². The van der Waals surface area contributed by atoms with Crippen LogP contribution in [-0.2, 0) is 9.53 Å². The van der Waals surface area contributed by atoms with E-state index < -0.39 is 0 Å². The Balaban J connectivity index is 0.00000576. The Morgan fingerprint density at radius 1 is 1.20 bits per heavy atom. The SMILES string of the molecule is CCNC(=NCCCN(CC)c1ccccc1)NCCC(=O)OC.I. The summed E-state index contributed by atoms with van der Waals surface area (Å²) in [5.41, 5.74) is 1.24. The molecule has 2 N–H and O–H groups in total. The number of nitrogens with zero attached hydrogens (tertiary/aromatic N) is 2. The van der Waals surface area contributed by atoms with E-state index in [1.807, 2.05) is 13.0 Å². The average Bonchev–Trinajstić information content (AvgIpc) is 2.62. The molecule has 0 heterocycles. The highest BCUT2D eigenvalue weighted by Crippen LogP contribution is 2.12. The maximum Gasteiger partial charge on any atom is 0.307 e. The Labute approximate surface area is 168 Å². The molecule has 0 aliphatic rings. The van der Waals surface area contributed by atoms with Crippen molar-refractivity contribution in [2.45, 2.75) is 26.7 Å². The number of halogens is 1. The minimum Gasteiger partial charge on any atom is -0.469 e. The lowest BCUT2D eigenvalue weighted by molar-refractivity contribution is -0.140. The van der Waals surface area contributed by atoms with Gasteiger partial charge in [0.2, 0.25) is 0 Å². The first-order valence-electron chi connectivity index (χ1n) is 8.60. The first-order valence-corrected chi connectivity index (χ1v) is 8.60. The van der Waals surface area contributed by atoms with E-state index in [0.29, 0.717) is 13.0 Å². The number of hydrogen-bond acceptors (Lipinski definition) is 4. The highest BCUT2D eigenvalue weighted by Gasteiger charge is 2.04. The molecule has 0 aliphatic heterocycles. The van der Waals surface area contributed by atoms with Crippen molar-refractivity contribution in [2.75, 3.05) is 44.7 Å². The Bertz CT molecular complexity index is 497. The van der Waals surface area contributed by atoms with E-state index >= 15 is 0 Å². The zero-order valence-corrected chi connectivity index (χ0v) is 17.8. The number of hydrogen-bond donors (Lipinski definition) is 2. The molecular weight excluding hydrogens is 431 g/mol. The van der Waals surface area contributed by atoms with Gasteiger partial charge < -0.3 is 20.3 Å². The topological polar surface area (TPSA) is 66.0 Å². The summed E-state index contributed by atoms with van der Waals surface area (Å²) in [5, 5.41) is 6.33. The molecule has 0 atom stereocenters. The molecule has 0 unspecified atom stereocenters. The summed E-state index contributed by atoms with van der Waals surface area (Å²) in [6.07, 6.45) is 1.30. The molecule has 25 heavy (non-hydrogen) atoms. The number of nitrogens with one attached hydrogen (secondary N) is 2. The Hall–Kier alpha value is -1.51. The maximum absolute atomic E-state index is 11.1. The molecule has 0 saturated carbocycles. The number of methoxy groups -OCH3 is 1. The van der Waals surface area contributed by atoms with Crippen molar-refractivity contribution in [3.8, 4) is 0 Å². The molecular formula is C18H31IN4O2. The van der Waals surface area contributed by atoms with Crippen molar-refractivity contribution in [1.82, 2.24) is 10.6 Å². The third-order valence-electron chi connectivity index (χ3n) is 3.55. The van der Waals surface area contributed by atoms with Gasteiger partial charge in [0.25, 0.3) is 0 Å². The smallest absolute Gasteiger partial charge is 0.307 e. The number of rotatable bonds is 10. The molecule has 0 fully saturated rings. The van der Waals surface area contributed by atoms with Gasteiger partial charge in [0.15, 0.2) is 5.96 Å². The molecule has 6 nitrogen and oxygen atoms in total. The van der Waals surface area contributed by atoms with Gasteiger partial charge in [-0.15, -0.1) is 24.0 Å². The van der Waals surface area contributed by atoms with Gasteiger partial charge in [-0.25, -0.2) is 0 Å². The van der Waals surface area contributed by atoms with E-state index in [9.17, 15) is 4.79 Å². The number of guanidine groups is 1. The van der Waals surface area contributed by atoms with Crippen LogP contribution in [0.4, 0.5) is 5.69 Å². The van der Waals surface area contributed by atoms with Crippen molar-refractivity contribution < 1.29 is 9.53 Å². The average molecular weight is 462 g/mol. The fourth-order valence-corrected chi connectivity index (χ4v) is 2.29. The van der Waals surface area contributed by atoms with Crippen LogP contribution >= 0.6 is 24.0 Å². The normalized spacial score (nSPS) is 10.6. The highest BCUT2D eigenvalue weighted by molar-refractivity contribution is 14.0. The second-order valence-electron chi connectivity index (χ2n) is 5.28. The van der Waals surface area contributed by atoms with Crippen LogP contribution in [0.25, 0.3) is 0 Å². The lowest BCUT2D eigenvalue weighted by Crippen LogP contribution is -2.38. The van der Waals surface area contributed by atoms with E-state index in [1.165, 1.54) is 12.8 Å². The van der Waals surface area contributed by atoms with Crippen LogP contribution < -0.4 is 15.5 Å². The zero-order chi connectivity index (χ0) is 17.6. The molecule has 1 aromatic carbocycles. The van der Waals surface area contributed by atoms with E-state index in [4.69, 9.17) is 0 Å². The molecule has 1 rings (SSSR count). The summed E-state index contributed by atoms with van der Waals surface area (Å²) < 4.78 is 4.63. The van der Waals surface area contributed by atoms with Gasteiger partial charge >= 0.3 is 5.97 Å². The maximum atomic E-state index is 11.1. The number of para-hydroxylation sites is 1. The summed E-state index contributed by atoms with van der Waals surface area (Å²) in [6.45, 7) is 8.16. The molecule has 0 amide bonds. The Kier molecular flexibility index (Phi) is 13.9. The second-order valence-corrected chi connectivity index (χ2v) is 5.28. The van der Waals surface area contributed by atoms with Crippen molar-refractivity contribution in [2.24, 2.45) is 4.99 Å². The van der Waals surface area contributed by atoms with Gasteiger partial charge in [0.05, 0.1) is 13.5 Å². The van der Waals surface area contributed by atoms with E-state index in [2.05, 4.69) is 56.5 Å². The summed E-state index contributed by atoms with van der Waals surface area (Å²) in [6, 6.07) is 10.4. The fourth-order valence-electron chi connectivity index (χ4n) is 2.29. The van der Waals surface area contributed by atoms with Crippen molar-refractivity contribution in [3.63, 3.8) is 0 Å². The third kappa shape index (κ3) is 10.2. The standard InChI is InChI=1S/C18H30N4O2.HI/c1-4-19-18(21-14-12-17(23)24-3)20-13-9-15-22(5-2)16-10-7-6-8-11-16;/h6-8,10-11H,4-5,9,12-15H2,1-3H3,(H2,19,20,21);1H. The predicted octanol–water partition coefficient (Wildman–Crippen LogP) is 2.64. The number of anilines is 1. The van der Waals surface area contributed by atoms with Gasteiger partial charge in [0.1, 0.15) is 0 Å². The Morgan fingerprint density at radius 3 is 2.52 bits per heavy atom. The fraction of sp³-hybridized carbons (Fsp3) is 0.556. The van der Waals surface area contributed by atoms with Gasteiger partial charge in [-0.1, -0.05) is 18.2 Å². The minimum atomic E-state index is -0.222. The monoisotopic (exact) mass is 462 g/mol. The van der Waals surface area contributed by atoms with Gasteiger partial charge in [-0.05, 0) is 32.4 Å². The number of carbonyl (C=O) groups is 1. The molecule has 142 valence electrons. The van der Waals surface area contributed by atoms with Crippen LogP contribution in [0.5, 0.6) is 0 Å². The number of esters is 1. The summed E-state index contributed by atoms with van der Waals surface area (Å²) in [4.78, 5) is 18.0. The second kappa shape index (κ2) is 14.8. The molecule has 0 spiro atoms. The van der Waals surface area contributed by atoms with Gasteiger partial charge in [-0.2, -0.15) is 0 Å². The summed E-state index contributed by atoms with van der Waals surface area (Å²) in [5.74, 6) is 0.518. The molecule has 0 aromatic heterocycles. The molecule has 7 heteroatoms. The van der Waals surface area contributed by atoms with Crippen molar-refractivity contribution in [1.29, 1.82) is 0 Å². The largest absolute Gasteiger partial charge is 0.469 e. The molecule has 0 bridgehead atoms. The number of aliphatic imine (C=N–C) groups is 1. The van der Waals surface area contributed by atoms with Crippen LogP contribution in [0.1, 0.15) is 26.7 Å². The third-order valence-corrected chi connectivity index (χ3v) is 3.55.